The minimum absolute atomic E-state index is 0.185. The summed E-state index contributed by atoms with van der Waals surface area (Å²) in [5, 5.41) is 8.86. The average Bonchev–Trinajstić information content (AvgIpc) is 2.18. The molecule has 2 nitrogen and oxygen atoms in total. The summed E-state index contributed by atoms with van der Waals surface area (Å²) in [7, 11) is 0. The molecule has 1 heterocycles. The van der Waals surface area contributed by atoms with Gasteiger partial charge in [0.25, 0.3) is 0 Å². The molecule has 2 heteroatoms. The van der Waals surface area contributed by atoms with E-state index in [1.54, 1.807) is 0 Å². The fourth-order valence-corrected chi connectivity index (χ4v) is 2.01. The zero-order chi connectivity index (χ0) is 9.86. The van der Waals surface area contributed by atoms with Crippen molar-refractivity contribution in [2.45, 2.75) is 18.3 Å². The highest BCUT2D eigenvalue weighted by Gasteiger charge is 2.39. The molecule has 0 atom stereocenters. The second-order valence-corrected chi connectivity index (χ2v) is 3.97. The third-order valence-corrected chi connectivity index (χ3v) is 2.96. The van der Waals surface area contributed by atoms with Crippen molar-refractivity contribution in [3.63, 3.8) is 0 Å². The van der Waals surface area contributed by atoms with Crippen molar-refractivity contribution in [1.82, 2.24) is 0 Å². The van der Waals surface area contributed by atoms with Gasteiger partial charge in [-0.3, -0.25) is 0 Å². The molecule has 2 rings (SSSR count). The largest absolute Gasteiger partial charge is 0.396 e. The maximum atomic E-state index is 8.86. The van der Waals surface area contributed by atoms with Crippen LogP contribution in [0.2, 0.25) is 0 Å². The molecule has 0 aromatic heterocycles. The van der Waals surface area contributed by atoms with Crippen molar-refractivity contribution in [2.75, 3.05) is 19.8 Å². The van der Waals surface area contributed by atoms with Crippen LogP contribution in [0.5, 0.6) is 0 Å². The summed E-state index contributed by atoms with van der Waals surface area (Å²) in [6.45, 7) is 1.88. The number of rotatable bonds is 4. The molecule has 1 aromatic rings. The highest BCUT2D eigenvalue weighted by atomic mass is 16.5. The maximum Gasteiger partial charge on any atom is 0.0585 e. The lowest BCUT2D eigenvalue weighted by Crippen LogP contribution is -2.46. The second kappa shape index (κ2) is 4.11. The molecule has 0 spiro atoms. The number of hydrogen-bond acceptors (Lipinski definition) is 2. The first-order valence-corrected chi connectivity index (χ1v) is 5.11. The number of benzene rings is 1. The first kappa shape index (κ1) is 9.69. The SMILES string of the molecule is OCCCC1(c2ccccc2)COC1. The molecule has 0 saturated carbocycles. The van der Waals surface area contributed by atoms with E-state index in [2.05, 4.69) is 24.3 Å². The summed E-state index contributed by atoms with van der Waals surface area (Å²) in [5.41, 5.74) is 1.53. The Morgan fingerprint density at radius 2 is 1.93 bits per heavy atom. The predicted octanol–water partition coefficient (Wildman–Crippen LogP) is 1.73. The summed E-state index contributed by atoms with van der Waals surface area (Å²) in [5.74, 6) is 0. The molecular weight excluding hydrogens is 176 g/mol. The number of aliphatic hydroxyl groups is 1. The predicted molar refractivity (Wildman–Crippen MR) is 55.3 cm³/mol. The van der Waals surface area contributed by atoms with Crippen LogP contribution in [-0.4, -0.2) is 24.9 Å². The van der Waals surface area contributed by atoms with E-state index in [0.29, 0.717) is 0 Å². The number of hydrogen-bond donors (Lipinski definition) is 1. The molecule has 1 aliphatic heterocycles. The Morgan fingerprint density at radius 3 is 2.43 bits per heavy atom. The maximum absolute atomic E-state index is 8.86. The van der Waals surface area contributed by atoms with Gasteiger partial charge < -0.3 is 9.84 Å². The van der Waals surface area contributed by atoms with Gasteiger partial charge in [0.1, 0.15) is 0 Å². The van der Waals surface area contributed by atoms with Gasteiger partial charge in [0.15, 0.2) is 0 Å². The Hall–Kier alpha value is -0.860. The molecule has 0 bridgehead atoms. The van der Waals surface area contributed by atoms with E-state index in [4.69, 9.17) is 9.84 Å². The Labute approximate surface area is 84.5 Å². The van der Waals surface area contributed by atoms with Crippen molar-refractivity contribution < 1.29 is 9.84 Å². The Balaban J connectivity index is 2.12. The van der Waals surface area contributed by atoms with Crippen LogP contribution in [0.25, 0.3) is 0 Å². The number of ether oxygens (including phenoxy) is 1. The first-order chi connectivity index (χ1) is 6.87. The summed E-state index contributed by atoms with van der Waals surface area (Å²) < 4.78 is 5.31. The van der Waals surface area contributed by atoms with Gasteiger partial charge in [-0.2, -0.15) is 0 Å². The van der Waals surface area contributed by atoms with Crippen LogP contribution < -0.4 is 0 Å². The number of aliphatic hydroxyl groups excluding tert-OH is 1. The molecular formula is C12H16O2. The summed E-state index contributed by atoms with van der Waals surface area (Å²) in [4.78, 5) is 0. The van der Waals surface area contributed by atoms with Crippen LogP contribution in [0.3, 0.4) is 0 Å². The van der Waals surface area contributed by atoms with E-state index in [0.717, 1.165) is 26.1 Å². The Morgan fingerprint density at radius 1 is 1.21 bits per heavy atom. The lowest BCUT2D eigenvalue weighted by Gasteiger charge is -2.42. The van der Waals surface area contributed by atoms with Gasteiger partial charge >= 0.3 is 0 Å². The molecule has 76 valence electrons. The topological polar surface area (TPSA) is 29.5 Å². The molecule has 1 aromatic carbocycles. The third-order valence-electron chi connectivity index (χ3n) is 2.96. The smallest absolute Gasteiger partial charge is 0.0585 e. The van der Waals surface area contributed by atoms with Gasteiger partial charge in [0.05, 0.1) is 13.2 Å². The second-order valence-electron chi connectivity index (χ2n) is 3.97. The van der Waals surface area contributed by atoms with Crippen LogP contribution >= 0.6 is 0 Å². The lowest BCUT2D eigenvalue weighted by molar-refractivity contribution is -0.0665. The highest BCUT2D eigenvalue weighted by Crippen LogP contribution is 2.36. The minimum atomic E-state index is 0.185. The van der Waals surface area contributed by atoms with Crippen molar-refractivity contribution in [3.05, 3.63) is 35.9 Å². The van der Waals surface area contributed by atoms with Gasteiger partial charge in [-0.1, -0.05) is 30.3 Å². The van der Waals surface area contributed by atoms with E-state index in [9.17, 15) is 0 Å². The quantitative estimate of drug-likeness (QED) is 0.787. The van der Waals surface area contributed by atoms with E-state index in [1.807, 2.05) is 6.07 Å². The van der Waals surface area contributed by atoms with Gasteiger partial charge in [-0.05, 0) is 18.4 Å². The van der Waals surface area contributed by atoms with Crippen LogP contribution in [0.4, 0.5) is 0 Å². The molecule has 1 fully saturated rings. The molecule has 0 amide bonds. The van der Waals surface area contributed by atoms with E-state index in [1.165, 1.54) is 5.56 Å². The summed E-state index contributed by atoms with van der Waals surface area (Å²) >= 11 is 0. The van der Waals surface area contributed by atoms with E-state index in [-0.39, 0.29) is 12.0 Å². The Kier molecular flexibility index (Phi) is 2.85. The highest BCUT2D eigenvalue weighted by molar-refractivity contribution is 5.27. The summed E-state index contributed by atoms with van der Waals surface area (Å²) in [6, 6.07) is 10.5. The lowest BCUT2D eigenvalue weighted by atomic mass is 9.75. The fraction of sp³-hybridized carbons (Fsp3) is 0.500. The zero-order valence-corrected chi connectivity index (χ0v) is 8.28. The summed E-state index contributed by atoms with van der Waals surface area (Å²) in [6.07, 6.45) is 1.88. The van der Waals surface area contributed by atoms with Crippen LogP contribution in [0, 0.1) is 0 Å². The molecule has 14 heavy (non-hydrogen) atoms. The van der Waals surface area contributed by atoms with Crippen LogP contribution in [-0.2, 0) is 10.2 Å². The minimum Gasteiger partial charge on any atom is -0.396 e. The zero-order valence-electron chi connectivity index (χ0n) is 8.28. The monoisotopic (exact) mass is 192 g/mol. The van der Waals surface area contributed by atoms with Crippen molar-refractivity contribution >= 4 is 0 Å². The molecule has 0 unspecified atom stereocenters. The standard InChI is InChI=1S/C12H16O2/c13-8-4-7-12(9-14-10-12)11-5-2-1-3-6-11/h1-3,5-6,13H,4,7-10H2. The van der Waals surface area contributed by atoms with E-state index < -0.39 is 0 Å². The van der Waals surface area contributed by atoms with Crippen molar-refractivity contribution in [2.24, 2.45) is 0 Å². The Bertz CT molecular complexity index is 278. The molecule has 0 radical (unpaired) electrons. The van der Waals surface area contributed by atoms with Crippen LogP contribution in [0.15, 0.2) is 30.3 Å². The fourth-order valence-electron chi connectivity index (χ4n) is 2.01. The van der Waals surface area contributed by atoms with Crippen LogP contribution in [0.1, 0.15) is 18.4 Å². The molecule has 0 aliphatic carbocycles. The van der Waals surface area contributed by atoms with Crippen molar-refractivity contribution in [1.29, 1.82) is 0 Å². The van der Waals surface area contributed by atoms with Gasteiger partial charge in [-0.15, -0.1) is 0 Å². The van der Waals surface area contributed by atoms with Gasteiger partial charge in [-0.25, -0.2) is 0 Å². The van der Waals surface area contributed by atoms with Crippen molar-refractivity contribution in [3.8, 4) is 0 Å². The first-order valence-electron chi connectivity index (χ1n) is 5.11. The van der Waals surface area contributed by atoms with Gasteiger partial charge in [0, 0.05) is 12.0 Å². The van der Waals surface area contributed by atoms with Gasteiger partial charge in [0.2, 0.25) is 0 Å². The molecule has 1 saturated heterocycles. The third kappa shape index (κ3) is 1.68. The van der Waals surface area contributed by atoms with E-state index >= 15 is 0 Å². The normalized spacial score (nSPS) is 18.9. The average molecular weight is 192 g/mol. The molecule has 1 aliphatic rings. The molecule has 1 N–H and O–H groups in total.